The van der Waals surface area contributed by atoms with Crippen LogP contribution in [-0.4, -0.2) is 24.4 Å². The zero-order chi connectivity index (χ0) is 7.28. The predicted molar refractivity (Wildman–Crippen MR) is 38.1 cm³/mol. The van der Waals surface area contributed by atoms with E-state index in [0.29, 0.717) is 0 Å². The number of nitrogens with zero attached hydrogens (tertiary/aromatic N) is 1. The molecular weight excluding hydrogens is 114 g/mol. The van der Waals surface area contributed by atoms with E-state index in [0.717, 1.165) is 6.54 Å². The van der Waals surface area contributed by atoms with Gasteiger partial charge in [-0.05, 0) is 19.9 Å². The van der Waals surface area contributed by atoms with Gasteiger partial charge in [0.2, 0.25) is 5.91 Å². The van der Waals surface area contributed by atoms with Crippen molar-refractivity contribution < 1.29 is 4.79 Å². The summed E-state index contributed by atoms with van der Waals surface area (Å²) in [5, 5.41) is 0. The average molecular weight is 127 g/mol. The standard InChI is InChI=1S/C7H13NO/c1-4-6-7(9)8(3)5-2/h4,6H,5H2,1-3H3/b6-4+. The van der Waals surface area contributed by atoms with Crippen LogP contribution in [0, 0.1) is 0 Å². The molecule has 0 aromatic heterocycles. The Bertz CT molecular complexity index is 118. The number of carbonyl (C=O) groups excluding carboxylic acids is 1. The first kappa shape index (κ1) is 8.21. The molecule has 1 amide bonds. The fourth-order valence-electron chi connectivity index (χ4n) is 0.426. The number of hydrogen-bond acceptors (Lipinski definition) is 1. The predicted octanol–water partition coefficient (Wildman–Crippen LogP) is 1.04. The molecule has 0 atom stereocenters. The summed E-state index contributed by atoms with van der Waals surface area (Å²) < 4.78 is 0. The fraction of sp³-hybridized carbons (Fsp3) is 0.571. The molecule has 2 nitrogen and oxygen atoms in total. The highest BCUT2D eigenvalue weighted by Gasteiger charge is 1.97. The Morgan fingerprint density at radius 3 is 2.56 bits per heavy atom. The lowest BCUT2D eigenvalue weighted by Crippen LogP contribution is -2.23. The third kappa shape index (κ3) is 2.90. The first-order valence-corrected chi connectivity index (χ1v) is 3.10. The quantitative estimate of drug-likeness (QED) is 0.507. The molecule has 0 radical (unpaired) electrons. The van der Waals surface area contributed by atoms with Crippen LogP contribution in [0.4, 0.5) is 0 Å². The summed E-state index contributed by atoms with van der Waals surface area (Å²) >= 11 is 0. The van der Waals surface area contributed by atoms with Crippen molar-refractivity contribution in [3.8, 4) is 0 Å². The molecular formula is C7H13NO. The molecule has 0 bridgehead atoms. The number of carbonyl (C=O) groups is 1. The molecule has 52 valence electrons. The lowest BCUT2D eigenvalue weighted by molar-refractivity contribution is -0.124. The van der Waals surface area contributed by atoms with E-state index in [1.807, 2.05) is 13.8 Å². The largest absolute Gasteiger partial charge is 0.343 e. The zero-order valence-electron chi connectivity index (χ0n) is 6.22. The lowest BCUT2D eigenvalue weighted by atomic mass is 10.4. The summed E-state index contributed by atoms with van der Waals surface area (Å²) in [6, 6.07) is 0. The van der Waals surface area contributed by atoms with Crippen molar-refractivity contribution in [1.29, 1.82) is 0 Å². The van der Waals surface area contributed by atoms with E-state index < -0.39 is 0 Å². The third-order valence-corrected chi connectivity index (χ3v) is 1.16. The van der Waals surface area contributed by atoms with Gasteiger partial charge in [-0.3, -0.25) is 4.79 Å². The van der Waals surface area contributed by atoms with Gasteiger partial charge in [-0.2, -0.15) is 0 Å². The first-order valence-electron chi connectivity index (χ1n) is 3.10. The van der Waals surface area contributed by atoms with Crippen molar-refractivity contribution >= 4 is 5.91 Å². The third-order valence-electron chi connectivity index (χ3n) is 1.16. The van der Waals surface area contributed by atoms with E-state index in [2.05, 4.69) is 0 Å². The van der Waals surface area contributed by atoms with Gasteiger partial charge in [0, 0.05) is 13.6 Å². The fourth-order valence-corrected chi connectivity index (χ4v) is 0.426. The lowest BCUT2D eigenvalue weighted by Gasteiger charge is -2.10. The SMILES string of the molecule is C/C=C/C(=O)N(C)CC. The molecule has 0 aromatic carbocycles. The molecule has 0 heterocycles. The van der Waals surface area contributed by atoms with E-state index >= 15 is 0 Å². The van der Waals surface area contributed by atoms with Gasteiger partial charge in [0.25, 0.3) is 0 Å². The van der Waals surface area contributed by atoms with E-state index in [4.69, 9.17) is 0 Å². The van der Waals surface area contributed by atoms with Crippen LogP contribution in [0.1, 0.15) is 13.8 Å². The van der Waals surface area contributed by atoms with Gasteiger partial charge in [0.05, 0.1) is 0 Å². The van der Waals surface area contributed by atoms with Crippen LogP contribution < -0.4 is 0 Å². The van der Waals surface area contributed by atoms with Crippen LogP contribution in [0.25, 0.3) is 0 Å². The van der Waals surface area contributed by atoms with Crippen LogP contribution in [0.2, 0.25) is 0 Å². The molecule has 0 saturated carbocycles. The number of allylic oxidation sites excluding steroid dienone is 1. The minimum atomic E-state index is 0.0694. The van der Waals surface area contributed by atoms with Crippen LogP contribution in [0.5, 0.6) is 0 Å². The number of rotatable bonds is 2. The van der Waals surface area contributed by atoms with Crippen molar-refractivity contribution in [1.82, 2.24) is 4.90 Å². The van der Waals surface area contributed by atoms with Gasteiger partial charge in [-0.25, -0.2) is 0 Å². The Kier molecular flexibility index (Phi) is 3.76. The Labute approximate surface area is 56.2 Å². The van der Waals surface area contributed by atoms with Gasteiger partial charge >= 0.3 is 0 Å². The van der Waals surface area contributed by atoms with E-state index in [-0.39, 0.29) is 5.91 Å². The molecule has 0 aliphatic heterocycles. The van der Waals surface area contributed by atoms with E-state index in [1.54, 1.807) is 24.1 Å². The molecule has 0 aliphatic carbocycles. The number of hydrogen-bond donors (Lipinski definition) is 0. The van der Waals surface area contributed by atoms with Gasteiger partial charge < -0.3 is 4.90 Å². The highest BCUT2D eigenvalue weighted by atomic mass is 16.2. The summed E-state index contributed by atoms with van der Waals surface area (Å²) in [6.07, 6.45) is 3.30. The Morgan fingerprint density at radius 1 is 1.67 bits per heavy atom. The minimum absolute atomic E-state index is 0.0694. The molecule has 0 spiro atoms. The number of likely N-dealkylation sites (N-methyl/N-ethyl adjacent to an activating group) is 1. The molecule has 0 rings (SSSR count). The molecule has 0 aromatic rings. The summed E-state index contributed by atoms with van der Waals surface area (Å²) in [5.74, 6) is 0.0694. The second-order valence-corrected chi connectivity index (χ2v) is 1.85. The van der Waals surface area contributed by atoms with Crippen LogP contribution >= 0.6 is 0 Å². The zero-order valence-corrected chi connectivity index (χ0v) is 6.22. The first-order chi connectivity index (χ1) is 4.22. The maximum atomic E-state index is 10.8. The average Bonchev–Trinajstić information content (AvgIpc) is 1.87. The normalized spacial score (nSPS) is 10.1. The molecule has 0 unspecified atom stereocenters. The minimum Gasteiger partial charge on any atom is -0.343 e. The van der Waals surface area contributed by atoms with Crippen molar-refractivity contribution in [3.05, 3.63) is 12.2 Å². The van der Waals surface area contributed by atoms with Gasteiger partial charge in [0.15, 0.2) is 0 Å². The summed E-state index contributed by atoms with van der Waals surface area (Å²) in [4.78, 5) is 12.5. The molecule has 9 heavy (non-hydrogen) atoms. The van der Waals surface area contributed by atoms with E-state index in [9.17, 15) is 4.79 Å². The summed E-state index contributed by atoms with van der Waals surface area (Å²) in [5.41, 5.74) is 0. The summed E-state index contributed by atoms with van der Waals surface area (Å²) in [7, 11) is 1.78. The van der Waals surface area contributed by atoms with Crippen molar-refractivity contribution in [2.75, 3.05) is 13.6 Å². The maximum Gasteiger partial charge on any atom is 0.245 e. The molecule has 0 N–H and O–H groups in total. The maximum absolute atomic E-state index is 10.8. The van der Waals surface area contributed by atoms with Crippen molar-refractivity contribution in [3.63, 3.8) is 0 Å². The van der Waals surface area contributed by atoms with Gasteiger partial charge in [0.1, 0.15) is 0 Å². The van der Waals surface area contributed by atoms with Crippen LogP contribution in [0.15, 0.2) is 12.2 Å². The summed E-state index contributed by atoms with van der Waals surface area (Å²) in [6.45, 7) is 4.55. The smallest absolute Gasteiger partial charge is 0.245 e. The molecule has 0 fully saturated rings. The van der Waals surface area contributed by atoms with Gasteiger partial charge in [-0.1, -0.05) is 6.08 Å². The highest BCUT2D eigenvalue weighted by Crippen LogP contribution is 1.84. The van der Waals surface area contributed by atoms with E-state index in [1.165, 1.54) is 0 Å². The molecule has 0 saturated heterocycles. The Hall–Kier alpha value is -0.790. The number of amides is 1. The molecule has 2 heteroatoms. The van der Waals surface area contributed by atoms with Crippen molar-refractivity contribution in [2.24, 2.45) is 0 Å². The second-order valence-electron chi connectivity index (χ2n) is 1.85. The topological polar surface area (TPSA) is 20.3 Å². The van der Waals surface area contributed by atoms with Crippen LogP contribution in [0.3, 0.4) is 0 Å². The Balaban J connectivity index is 3.73. The molecule has 0 aliphatic rings. The Morgan fingerprint density at radius 2 is 2.22 bits per heavy atom. The second kappa shape index (κ2) is 4.13. The van der Waals surface area contributed by atoms with Gasteiger partial charge in [-0.15, -0.1) is 0 Å². The highest BCUT2D eigenvalue weighted by molar-refractivity contribution is 5.87. The van der Waals surface area contributed by atoms with Crippen LogP contribution in [-0.2, 0) is 4.79 Å². The monoisotopic (exact) mass is 127 g/mol. The van der Waals surface area contributed by atoms with Crippen molar-refractivity contribution in [2.45, 2.75) is 13.8 Å².